The number of carbonyl (C=O) groups excluding carboxylic acids is 1. The van der Waals surface area contributed by atoms with Crippen LogP contribution in [0.3, 0.4) is 0 Å². The molecule has 2 N–H and O–H groups in total. The maximum Gasteiger partial charge on any atom is 0.237 e. The fraction of sp³-hybridized carbons (Fsp3) is 0.462. The predicted octanol–water partition coefficient (Wildman–Crippen LogP) is 1.47. The van der Waals surface area contributed by atoms with Crippen LogP contribution in [-0.2, 0) is 11.2 Å². The number of carbonyl (C=O) groups is 1. The first-order valence-electron chi connectivity index (χ1n) is 5.95. The van der Waals surface area contributed by atoms with Crippen LogP contribution in [0.5, 0.6) is 0 Å². The van der Waals surface area contributed by atoms with Gasteiger partial charge in [-0.1, -0.05) is 30.3 Å². The van der Waals surface area contributed by atoms with Gasteiger partial charge in [-0.3, -0.25) is 4.79 Å². The second-order valence-corrected chi connectivity index (χ2v) is 4.32. The number of hydrogen-bond acceptors (Lipinski definition) is 2. The quantitative estimate of drug-likeness (QED) is 0.872. The average molecular weight is 273 g/mol. The van der Waals surface area contributed by atoms with Gasteiger partial charge in [-0.15, -0.1) is 12.4 Å². The zero-order valence-corrected chi connectivity index (χ0v) is 10.9. The maximum atomic E-state index is 12.9. The van der Waals surface area contributed by atoms with E-state index in [0.29, 0.717) is 6.54 Å². The summed E-state index contributed by atoms with van der Waals surface area (Å²) in [5.41, 5.74) is 1.19. The number of benzene rings is 1. The molecule has 3 nitrogen and oxygen atoms in total. The minimum absolute atomic E-state index is 0. The SMILES string of the molecule is Cl.O=C(NCCc1ccccc1)[C@@H]1C[C@@H](F)CN1. The normalized spacial score (nSPS) is 22.3. The Hall–Kier alpha value is -1.13. The lowest BCUT2D eigenvalue weighted by atomic mass is 10.1. The van der Waals surface area contributed by atoms with Crippen molar-refractivity contribution in [3.63, 3.8) is 0 Å². The maximum absolute atomic E-state index is 12.9. The number of halogens is 2. The highest BCUT2D eigenvalue weighted by Gasteiger charge is 2.28. The molecule has 1 fully saturated rings. The van der Waals surface area contributed by atoms with Gasteiger partial charge < -0.3 is 10.6 Å². The molecule has 1 aromatic carbocycles. The molecule has 0 spiro atoms. The number of nitrogens with one attached hydrogen (secondary N) is 2. The molecule has 5 heteroatoms. The molecular weight excluding hydrogens is 255 g/mol. The molecule has 100 valence electrons. The molecule has 2 rings (SSSR count). The lowest BCUT2D eigenvalue weighted by Gasteiger charge is -2.10. The Morgan fingerprint density at radius 1 is 1.39 bits per heavy atom. The van der Waals surface area contributed by atoms with Crippen molar-refractivity contribution < 1.29 is 9.18 Å². The average Bonchev–Trinajstić information content (AvgIpc) is 2.77. The van der Waals surface area contributed by atoms with Crippen molar-refractivity contribution in [3.05, 3.63) is 35.9 Å². The van der Waals surface area contributed by atoms with Crippen molar-refractivity contribution in [1.29, 1.82) is 0 Å². The summed E-state index contributed by atoms with van der Waals surface area (Å²) >= 11 is 0. The smallest absolute Gasteiger partial charge is 0.237 e. The molecule has 0 aliphatic carbocycles. The van der Waals surface area contributed by atoms with Crippen LogP contribution in [0.4, 0.5) is 4.39 Å². The minimum Gasteiger partial charge on any atom is -0.354 e. The molecule has 0 aromatic heterocycles. The van der Waals surface area contributed by atoms with Crippen LogP contribution >= 0.6 is 12.4 Å². The highest BCUT2D eigenvalue weighted by Crippen LogP contribution is 2.09. The summed E-state index contributed by atoms with van der Waals surface area (Å²) in [5.74, 6) is -0.0962. The molecule has 18 heavy (non-hydrogen) atoms. The molecule has 1 aliphatic rings. The predicted molar refractivity (Wildman–Crippen MR) is 71.7 cm³/mol. The molecular formula is C13H18ClFN2O. The summed E-state index contributed by atoms with van der Waals surface area (Å²) < 4.78 is 12.9. The summed E-state index contributed by atoms with van der Waals surface area (Å²) in [6, 6.07) is 9.61. The lowest BCUT2D eigenvalue weighted by Crippen LogP contribution is -2.41. The first-order valence-corrected chi connectivity index (χ1v) is 5.95. The Morgan fingerprint density at radius 2 is 2.11 bits per heavy atom. The van der Waals surface area contributed by atoms with Gasteiger partial charge in [0.1, 0.15) is 6.17 Å². The van der Waals surface area contributed by atoms with Gasteiger partial charge in [-0.25, -0.2) is 4.39 Å². The highest BCUT2D eigenvalue weighted by molar-refractivity contribution is 5.85. The first-order chi connectivity index (χ1) is 8.25. The first kappa shape index (κ1) is 14.9. The monoisotopic (exact) mass is 272 g/mol. The molecule has 1 amide bonds. The lowest BCUT2D eigenvalue weighted by molar-refractivity contribution is -0.122. The van der Waals surface area contributed by atoms with Crippen LogP contribution in [0.25, 0.3) is 0 Å². The summed E-state index contributed by atoms with van der Waals surface area (Å²) in [6.07, 6.45) is 0.204. The molecule has 2 atom stereocenters. The number of rotatable bonds is 4. The zero-order chi connectivity index (χ0) is 12.1. The van der Waals surface area contributed by atoms with Crippen LogP contribution in [-0.4, -0.2) is 31.2 Å². The molecule has 1 saturated heterocycles. The van der Waals surface area contributed by atoms with E-state index in [1.807, 2.05) is 30.3 Å². The molecule has 0 saturated carbocycles. The van der Waals surface area contributed by atoms with Gasteiger partial charge in [0, 0.05) is 19.5 Å². The van der Waals surface area contributed by atoms with Crippen LogP contribution in [0, 0.1) is 0 Å². The van der Waals surface area contributed by atoms with Crippen molar-refractivity contribution in [2.75, 3.05) is 13.1 Å². The molecule has 0 bridgehead atoms. The molecule has 0 radical (unpaired) electrons. The highest BCUT2D eigenvalue weighted by atomic mass is 35.5. The van der Waals surface area contributed by atoms with E-state index in [-0.39, 0.29) is 37.3 Å². The van der Waals surface area contributed by atoms with Crippen molar-refractivity contribution >= 4 is 18.3 Å². The van der Waals surface area contributed by atoms with E-state index in [1.165, 1.54) is 5.56 Å². The Kier molecular flexibility index (Phi) is 6.09. The molecule has 0 unspecified atom stereocenters. The fourth-order valence-electron chi connectivity index (χ4n) is 1.99. The molecule has 1 aliphatic heterocycles. The third-order valence-electron chi connectivity index (χ3n) is 2.95. The van der Waals surface area contributed by atoms with E-state index in [1.54, 1.807) is 0 Å². The van der Waals surface area contributed by atoms with Crippen molar-refractivity contribution in [3.8, 4) is 0 Å². The van der Waals surface area contributed by atoms with E-state index in [4.69, 9.17) is 0 Å². The van der Waals surface area contributed by atoms with Crippen molar-refractivity contribution in [2.45, 2.75) is 25.1 Å². The largest absolute Gasteiger partial charge is 0.354 e. The Bertz CT molecular complexity index is 375. The van der Waals surface area contributed by atoms with E-state index >= 15 is 0 Å². The topological polar surface area (TPSA) is 41.1 Å². The van der Waals surface area contributed by atoms with E-state index < -0.39 is 6.17 Å². The van der Waals surface area contributed by atoms with Gasteiger partial charge in [-0.2, -0.15) is 0 Å². The van der Waals surface area contributed by atoms with E-state index in [2.05, 4.69) is 10.6 Å². The third-order valence-corrected chi connectivity index (χ3v) is 2.95. The van der Waals surface area contributed by atoms with E-state index in [0.717, 1.165) is 6.42 Å². The van der Waals surface area contributed by atoms with Crippen molar-refractivity contribution in [1.82, 2.24) is 10.6 Å². The second kappa shape index (κ2) is 7.34. The Balaban J connectivity index is 0.00000162. The summed E-state index contributed by atoms with van der Waals surface area (Å²) in [4.78, 5) is 11.6. The minimum atomic E-state index is -0.889. The van der Waals surface area contributed by atoms with Gasteiger partial charge >= 0.3 is 0 Å². The zero-order valence-electron chi connectivity index (χ0n) is 10.1. The number of alkyl halides is 1. The summed E-state index contributed by atoms with van der Waals surface area (Å²) in [6.45, 7) is 0.884. The summed E-state index contributed by atoms with van der Waals surface area (Å²) in [5, 5.41) is 5.69. The van der Waals surface area contributed by atoms with Gasteiger partial charge in [0.25, 0.3) is 0 Å². The molecule has 1 heterocycles. The fourth-order valence-corrected chi connectivity index (χ4v) is 1.99. The number of amides is 1. The molecule has 1 aromatic rings. The van der Waals surface area contributed by atoms with E-state index in [9.17, 15) is 9.18 Å². The van der Waals surface area contributed by atoms with Crippen LogP contribution in [0.2, 0.25) is 0 Å². The van der Waals surface area contributed by atoms with Crippen LogP contribution in [0.1, 0.15) is 12.0 Å². The Morgan fingerprint density at radius 3 is 2.72 bits per heavy atom. The second-order valence-electron chi connectivity index (χ2n) is 4.32. The van der Waals surface area contributed by atoms with Crippen LogP contribution in [0.15, 0.2) is 30.3 Å². The van der Waals surface area contributed by atoms with Gasteiger partial charge in [0.2, 0.25) is 5.91 Å². The van der Waals surface area contributed by atoms with Gasteiger partial charge in [-0.05, 0) is 12.0 Å². The Labute approximate surface area is 113 Å². The van der Waals surface area contributed by atoms with Gasteiger partial charge in [0.05, 0.1) is 6.04 Å². The third kappa shape index (κ3) is 4.27. The number of hydrogen-bond donors (Lipinski definition) is 2. The standard InChI is InChI=1S/C13H17FN2O.ClH/c14-11-8-12(16-9-11)13(17)15-7-6-10-4-2-1-3-5-10;/h1-5,11-12,16H,6-9H2,(H,15,17);1H/t11-,12+;/m1./s1. The van der Waals surface area contributed by atoms with Crippen molar-refractivity contribution in [2.24, 2.45) is 0 Å². The summed E-state index contributed by atoms with van der Waals surface area (Å²) in [7, 11) is 0. The van der Waals surface area contributed by atoms with Crippen LogP contribution < -0.4 is 10.6 Å². The van der Waals surface area contributed by atoms with Gasteiger partial charge in [0.15, 0.2) is 0 Å².